The quantitative estimate of drug-likeness (QED) is 0.860. The van der Waals surface area contributed by atoms with Crippen molar-refractivity contribution < 1.29 is 4.74 Å². The van der Waals surface area contributed by atoms with E-state index >= 15 is 0 Å². The van der Waals surface area contributed by atoms with E-state index in [-0.39, 0.29) is 0 Å². The van der Waals surface area contributed by atoms with Gasteiger partial charge < -0.3 is 10.5 Å². The molecule has 0 radical (unpaired) electrons. The smallest absolute Gasteiger partial charge is 0.124 e. The van der Waals surface area contributed by atoms with Crippen LogP contribution in [0.3, 0.4) is 0 Å². The molecule has 106 valence electrons. The van der Waals surface area contributed by atoms with Crippen molar-refractivity contribution in [3.63, 3.8) is 0 Å². The maximum atomic E-state index is 6.16. The summed E-state index contributed by atoms with van der Waals surface area (Å²) in [5.41, 5.74) is 7.38. The minimum atomic E-state index is 0.355. The fraction of sp³-hybridized carbons (Fsp3) is 0.200. The second kappa shape index (κ2) is 7.19. The highest BCUT2D eigenvalue weighted by atomic mass is 35.5. The molecule has 0 unspecified atom stereocenters. The molecular formula is C15H14Cl3NO. The van der Waals surface area contributed by atoms with Crippen molar-refractivity contribution in [3.05, 3.63) is 62.6 Å². The molecule has 0 aliphatic heterocycles. The summed E-state index contributed by atoms with van der Waals surface area (Å²) in [5, 5.41) is 1.85. The monoisotopic (exact) mass is 329 g/mol. The molecule has 5 heteroatoms. The molecule has 0 saturated heterocycles. The van der Waals surface area contributed by atoms with E-state index in [9.17, 15) is 0 Å². The van der Waals surface area contributed by atoms with Crippen molar-refractivity contribution in [2.45, 2.75) is 13.0 Å². The molecule has 0 aliphatic rings. The van der Waals surface area contributed by atoms with Gasteiger partial charge in [-0.2, -0.15) is 0 Å². The third-order valence-electron chi connectivity index (χ3n) is 2.87. The highest BCUT2D eigenvalue weighted by Gasteiger charge is 2.09. The topological polar surface area (TPSA) is 35.2 Å². The van der Waals surface area contributed by atoms with Crippen LogP contribution in [0.2, 0.25) is 15.1 Å². The first-order valence-electron chi connectivity index (χ1n) is 6.16. The highest BCUT2D eigenvalue weighted by Crippen LogP contribution is 2.28. The van der Waals surface area contributed by atoms with Gasteiger partial charge in [0, 0.05) is 26.2 Å². The molecule has 0 heterocycles. The van der Waals surface area contributed by atoms with Crippen molar-refractivity contribution in [1.82, 2.24) is 0 Å². The Labute approximate surface area is 133 Å². The highest BCUT2D eigenvalue weighted by molar-refractivity contribution is 6.35. The molecule has 0 bridgehead atoms. The van der Waals surface area contributed by atoms with Gasteiger partial charge in [-0.05, 0) is 37.2 Å². The van der Waals surface area contributed by atoms with Crippen LogP contribution in [-0.4, -0.2) is 6.54 Å². The fourth-order valence-electron chi connectivity index (χ4n) is 1.86. The number of nitrogens with two attached hydrogens (primary N) is 1. The van der Waals surface area contributed by atoms with E-state index in [1.807, 2.05) is 24.3 Å². The summed E-state index contributed by atoms with van der Waals surface area (Å²) in [6.07, 6.45) is 0.670. The van der Waals surface area contributed by atoms with E-state index in [0.717, 1.165) is 16.9 Å². The maximum absolute atomic E-state index is 6.16. The van der Waals surface area contributed by atoms with E-state index in [4.69, 9.17) is 45.3 Å². The third kappa shape index (κ3) is 3.80. The van der Waals surface area contributed by atoms with Crippen LogP contribution < -0.4 is 10.5 Å². The van der Waals surface area contributed by atoms with Crippen LogP contribution in [0.1, 0.15) is 11.1 Å². The number of hydrogen-bond donors (Lipinski definition) is 1. The Morgan fingerprint density at radius 3 is 2.50 bits per heavy atom. The Morgan fingerprint density at radius 2 is 1.80 bits per heavy atom. The Hall–Kier alpha value is -0.930. The fourth-order valence-corrected chi connectivity index (χ4v) is 2.58. The van der Waals surface area contributed by atoms with Gasteiger partial charge in [0.15, 0.2) is 0 Å². The van der Waals surface area contributed by atoms with Crippen LogP contribution in [0.4, 0.5) is 0 Å². The Balaban J connectivity index is 2.16. The first-order valence-corrected chi connectivity index (χ1v) is 7.29. The molecule has 2 aromatic carbocycles. The van der Waals surface area contributed by atoms with Crippen LogP contribution >= 0.6 is 34.8 Å². The van der Waals surface area contributed by atoms with Gasteiger partial charge in [-0.25, -0.2) is 0 Å². The predicted molar refractivity (Wildman–Crippen MR) is 85.0 cm³/mol. The van der Waals surface area contributed by atoms with Gasteiger partial charge in [0.2, 0.25) is 0 Å². The summed E-state index contributed by atoms with van der Waals surface area (Å²) in [7, 11) is 0. The lowest BCUT2D eigenvalue weighted by Crippen LogP contribution is -2.06. The van der Waals surface area contributed by atoms with Gasteiger partial charge in [-0.1, -0.05) is 46.9 Å². The second-order valence-electron chi connectivity index (χ2n) is 4.28. The molecular weight excluding hydrogens is 317 g/mol. The molecule has 2 nitrogen and oxygen atoms in total. The van der Waals surface area contributed by atoms with Crippen molar-refractivity contribution in [1.29, 1.82) is 0 Å². The van der Waals surface area contributed by atoms with Crippen LogP contribution in [0.25, 0.3) is 0 Å². The van der Waals surface area contributed by atoms with Crippen molar-refractivity contribution in [2.75, 3.05) is 6.54 Å². The average Bonchev–Trinajstić information content (AvgIpc) is 2.41. The molecule has 0 aromatic heterocycles. The maximum Gasteiger partial charge on any atom is 0.124 e. The molecule has 0 amide bonds. The van der Waals surface area contributed by atoms with E-state index in [1.54, 1.807) is 12.1 Å². The summed E-state index contributed by atoms with van der Waals surface area (Å²) in [6, 6.07) is 10.9. The van der Waals surface area contributed by atoms with Gasteiger partial charge in [-0.15, -0.1) is 0 Å². The number of ether oxygens (including phenoxy) is 1. The van der Waals surface area contributed by atoms with Gasteiger partial charge >= 0.3 is 0 Å². The van der Waals surface area contributed by atoms with E-state index in [2.05, 4.69) is 0 Å². The Morgan fingerprint density at radius 1 is 1.00 bits per heavy atom. The lowest BCUT2D eigenvalue weighted by atomic mass is 10.1. The molecule has 0 spiro atoms. The zero-order chi connectivity index (χ0) is 14.5. The van der Waals surface area contributed by atoms with Gasteiger partial charge in [-0.3, -0.25) is 0 Å². The van der Waals surface area contributed by atoms with Gasteiger partial charge in [0.05, 0.1) is 0 Å². The second-order valence-corrected chi connectivity index (χ2v) is 5.53. The molecule has 0 saturated carbocycles. The SMILES string of the molecule is NCCc1c(Cl)cccc1OCc1ccc(Cl)cc1Cl. The first kappa shape index (κ1) is 15.5. The van der Waals surface area contributed by atoms with Crippen molar-refractivity contribution in [3.8, 4) is 5.75 Å². The molecule has 0 atom stereocenters. The van der Waals surface area contributed by atoms with Crippen LogP contribution in [-0.2, 0) is 13.0 Å². The van der Waals surface area contributed by atoms with Gasteiger partial charge in [0.1, 0.15) is 12.4 Å². The third-order valence-corrected chi connectivity index (χ3v) is 3.81. The molecule has 0 fully saturated rings. The minimum Gasteiger partial charge on any atom is -0.489 e. The standard InChI is InChI=1S/C15H14Cl3NO/c16-11-5-4-10(14(18)8-11)9-20-15-3-1-2-13(17)12(15)6-7-19/h1-5,8H,6-7,9,19H2. The number of benzene rings is 2. The van der Waals surface area contributed by atoms with E-state index in [0.29, 0.717) is 34.6 Å². The van der Waals surface area contributed by atoms with Crippen molar-refractivity contribution >= 4 is 34.8 Å². The first-order chi connectivity index (χ1) is 9.61. The van der Waals surface area contributed by atoms with Crippen LogP contribution in [0.5, 0.6) is 5.75 Å². The summed E-state index contributed by atoms with van der Waals surface area (Å²) < 4.78 is 5.81. The average molecular weight is 331 g/mol. The van der Waals surface area contributed by atoms with E-state index in [1.165, 1.54) is 0 Å². The lowest BCUT2D eigenvalue weighted by molar-refractivity contribution is 0.303. The molecule has 20 heavy (non-hydrogen) atoms. The van der Waals surface area contributed by atoms with Crippen LogP contribution in [0, 0.1) is 0 Å². The molecule has 2 rings (SSSR count). The van der Waals surface area contributed by atoms with Gasteiger partial charge in [0.25, 0.3) is 0 Å². The number of halogens is 3. The largest absolute Gasteiger partial charge is 0.489 e. The normalized spacial score (nSPS) is 10.6. The lowest BCUT2D eigenvalue weighted by Gasteiger charge is -2.13. The Bertz CT molecular complexity index is 602. The number of hydrogen-bond acceptors (Lipinski definition) is 2. The van der Waals surface area contributed by atoms with Crippen molar-refractivity contribution in [2.24, 2.45) is 5.73 Å². The summed E-state index contributed by atoms with van der Waals surface area (Å²) in [5.74, 6) is 0.731. The predicted octanol–water partition coefficient (Wildman–Crippen LogP) is 4.73. The zero-order valence-electron chi connectivity index (χ0n) is 10.7. The van der Waals surface area contributed by atoms with E-state index < -0.39 is 0 Å². The Kier molecular flexibility index (Phi) is 5.55. The minimum absolute atomic E-state index is 0.355. The summed E-state index contributed by atoms with van der Waals surface area (Å²) >= 11 is 18.1. The molecule has 2 aromatic rings. The summed E-state index contributed by atoms with van der Waals surface area (Å²) in [4.78, 5) is 0. The molecule has 2 N–H and O–H groups in total. The number of rotatable bonds is 5. The zero-order valence-corrected chi connectivity index (χ0v) is 13.0. The molecule has 0 aliphatic carbocycles. The van der Waals surface area contributed by atoms with Crippen LogP contribution in [0.15, 0.2) is 36.4 Å². The summed E-state index contributed by atoms with van der Waals surface area (Å²) in [6.45, 7) is 0.871.